The number of hydrogen-bond donors (Lipinski definition) is 1. The summed E-state index contributed by atoms with van der Waals surface area (Å²) in [6.07, 6.45) is 4.39. The van der Waals surface area contributed by atoms with Crippen LogP contribution in [-0.4, -0.2) is 52.0 Å². The van der Waals surface area contributed by atoms with Crippen LogP contribution in [-0.2, 0) is 6.54 Å². The van der Waals surface area contributed by atoms with Gasteiger partial charge >= 0.3 is 0 Å². The molecule has 0 aliphatic carbocycles. The number of H-pyrrole nitrogens is 1. The Balaban J connectivity index is 1.34. The zero-order valence-electron chi connectivity index (χ0n) is 19.8. The number of nitrogens with zero attached hydrogens (tertiary/aromatic N) is 3. The molecule has 5 nitrogen and oxygen atoms in total. The van der Waals surface area contributed by atoms with Crippen LogP contribution in [0.1, 0.15) is 39.2 Å². The fourth-order valence-corrected chi connectivity index (χ4v) is 6.61. The second-order valence-electron chi connectivity index (χ2n) is 9.83. The molecular weight excluding hydrogens is 435 g/mol. The van der Waals surface area contributed by atoms with Crippen molar-refractivity contribution >= 4 is 28.7 Å². The Morgan fingerprint density at radius 3 is 2.85 bits per heavy atom. The molecule has 0 saturated carbocycles. The van der Waals surface area contributed by atoms with Crippen LogP contribution in [0.5, 0.6) is 5.75 Å². The van der Waals surface area contributed by atoms with Gasteiger partial charge in [0.25, 0.3) is 0 Å². The van der Waals surface area contributed by atoms with Gasteiger partial charge < -0.3 is 9.72 Å². The molecular formula is C26H33FN4OS. The van der Waals surface area contributed by atoms with E-state index in [0.29, 0.717) is 6.04 Å². The van der Waals surface area contributed by atoms with Crippen molar-refractivity contribution in [3.63, 3.8) is 0 Å². The highest BCUT2D eigenvalue weighted by molar-refractivity contribution is 7.98. The Morgan fingerprint density at radius 2 is 2.09 bits per heavy atom. The third kappa shape index (κ3) is 4.46. The lowest BCUT2D eigenvalue weighted by atomic mass is 9.82. The first-order valence-electron chi connectivity index (χ1n) is 11.8. The Kier molecular flexibility index (Phi) is 6.05. The largest absolute Gasteiger partial charge is 0.491 e. The quantitative estimate of drug-likeness (QED) is 0.477. The van der Waals surface area contributed by atoms with E-state index < -0.39 is 0 Å². The molecule has 3 aromatic rings. The smallest absolute Gasteiger partial charge is 0.125 e. The van der Waals surface area contributed by atoms with Crippen LogP contribution < -0.4 is 9.04 Å². The van der Waals surface area contributed by atoms with Crippen molar-refractivity contribution < 1.29 is 9.13 Å². The van der Waals surface area contributed by atoms with E-state index in [1.54, 1.807) is 18.2 Å². The van der Waals surface area contributed by atoms with Crippen LogP contribution in [0.15, 0.2) is 48.7 Å². The lowest BCUT2D eigenvalue weighted by molar-refractivity contribution is 0.101. The number of aromatic amines is 1. The summed E-state index contributed by atoms with van der Waals surface area (Å²) >= 11 is 1.71. The molecule has 2 aliphatic rings. The first-order chi connectivity index (χ1) is 15.8. The maximum atomic E-state index is 14.0. The van der Waals surface area contributed by atoms with Gasteiger partial charge in [-0.2, -0.15) is 0 Å². The number of nitrogens with one attached hydrogen (secondary N) is 1. The Hall–Kier alpha value is -2.22. The summed E-state index contributed by atoms with van der Waals surface area (Å²) in [6.45, 7) is 9.34. The molecule has 7 heteroatoms. The van der Waals surface area contributed by atoms with Crippen LogP contribution in [0.3, 0.4) is 0 Å². The summed E-state index contributed by atoms with van der Waals surface area (Å²) in [5, 5.41) is 1.23. The van der Waals surface area contributed by atoms with Crippen LogP contribution in [0.4, 0.5) is 10.1 Å². The molecule has 1 aromatic heterocycles. The molecule has 5 rings (SSSR count). The number of fused-ring (bicyclic) bond motifs is 1. The summed E-state index contributed by atoms with van der Waals surface area (Å²) in [7, 11) is 2.13. The van der Waals surface area contributed by atoms with E-state index in [2.05, 4.69) is 64.6 Å². The Labute approximate surface area is 200 Å². The number of benzene rings is 2. The molecule has 0 radical (unpaired) electrons. The average Bonchev–Trinajstić information content (AvgIpc) is 3.30. The third-order valence-corrected chi connectivity index (χ3v) is 8.03. The highest BCUT2D eigenvalue weighted by Gasteiger charge is 2.48. The summed E-state index contributed by atoms with van der Waals surface area (Å²) in [6, 6.07) is 13.7. The molecule has 1 N–H and O–H groups in total. The van der Waals surface area contributed by atoms with Gasteiger partial charge in [-0.05, 0) is 82.6 Å². The second kappa shape index (κ2) is 8.85. The van der Waals surface area contributed by atoms with Crippen molar-refractivity contribution in [1.82, 2.24) is 14.2 Å². The van der Waals surface area contributed by atoms with Crippen molar-refractivity contribution in [1.29, 1.82) is 0 Å². The molecule has 2 fully saturated rings. The Morgan fingerprint density at radius 1 is 1.24 bits per heavy atom. The highest BCUT2D eigenvalue weighted by Crippen LogP contribution is 2.47. The van der Waals surface area contributed by atoms with E-state index in [4.69, 9.17) is 4.74 Å². The predicted molar refractivity (Wildman–Crippen MR) is 135 cm³/mol. The SMILES string of the molecule is CC(C)Oc1ccc2[nH]cc(CN3CC[C@@]4(C[C@@H]3C)CN(C)SN4c3cccc(F)c3)c2c1. The van der Waals surface area contributed by atoms with Crippen LogP contribution in [0.2, 0.25) is 0 Å². The highest BCUT2D eigenvalue weighted by atomic mass is 32.2. The first-order valence-corrected chi connectivity index (χ1v) is 12.5. The third-order valence-electron chi connectivity index (χ3n) is 6.86. The number of likely N-dealkylation sites (N-methyl/N-ethyl adjacent to an activating group) is 1. The van der Waals surface area contributed by atoms with Gasteiger partial charge in [0, 0.05) is 54.9 Å². The summed E-state index contributed by atoms with van der Waals surface area (Å²) < 4.78 is 24.5. The summed E-state index contributed by atoms with van der Waals surface area (Å²) in [4.78, 5) is 6.01. The van der Waals surface area contributed by atoms with Crippen LogP contribution in [0.25, 0.3) is 10.9 Å². The molecule has 0 bridgehead atoms. The van der Waals surface area contributed by atoms with Gasteiger partial charge in [0.2, 0.25) is 0 Å². The van der Waals surface area contributed by atoms with E-state index in [0.717, 1.165) is 49.4 Å². The van der Waals surface area contributed by atoms with Gasteiger partial charge in [-0.15, -0.1) is 0 Å². The molecule has 0 unspecified atom stereocenters. The van der Waals surface area contributed by atoms with E-state index in [9.17, 15) is 4.39 Å². The second-order valence-corrected chi connectivity index (χ2v) is 11.0. The molecule has 2 atom stereocenters. The molecule has 2 aromatic carbocycles. The lowest BCUT2D eigenvalue weighted by Gasteiger charge is -2.47. The van der Waals surface area contributed by atoms with Crippen molar-refractivity contribution in [2.45, 2.75) is 57.8 Å². The van der Waals surface area contributed by atoms with Crippen molar-refractivity contribution in [2.75, 3.05) is 24.4 Å². The van der Waals surface area contributed by atoms with Gasteiger partial charge in [-0.1, -0.05) is 6.07 Å². The van der Waals surface area contributed by atoms with Gasteiger partial charge in [-0.25, -0.2) is 8.70 Å². The Bertz CT molecular complexity index is 1130. The van der Waals surface area contributed by atoms with Crippen molar-refractivity contribution in [2.24, 2.45) is 0 Å². The van der Waals surface area contributed by atoms with E-state index in [-0.39, 0.29) is 17.5 Å². The molecule has 176 valence electrons. The molecule has 0 amide bonds. The molecule has 2 saturated heterocycles. The number of halogens is 1. The van der Waals surface area contributed by atoms with Crippen LogP contribution in [0, 0.1) is 5.82 Å². The number of hydrogen-bond acceptors (Lipinski definition) is 5. The minimum atomic E-state index is -0.177. The summed E-state index contributed by atoms with van der Waals surface area (Å²) in [5.41, 5.74) is 3.43. The zero-order valence-corrected chi connectivity index (χ0v) is 20.7. The minimum Gasteiger partial charge on any atom is -0.491 e. The fourth-order valence-electron chi connectivity index (χ4n) is 5.43. The summed E-state index contributed by atoms with van der Waals surface area (Å²) in [5.74, 6) is 0.740. The number of piperidine rings is 1. The first kappa shape index (κ1) is 22.6. The molecule has 2 aliphatic heterocycles. The van der Waals surface area contributed by atoms with E-state index in [1.807, 2.05) is 18.2 Å². The monoisotopic (exact) mass is 468 g/mol. The number of likely N-dealkylation sites (tertiary alicyclic amines) is 1. The lowest BCUT2D eigenvalue weighted by Crippen LogP contribution is -2.56. The molecule has 3 heterocycles. The molecule has 33 heavy (non-hydrogen) atoms. The fraction of sp³-hybridized carbons (Fsp3) is 0.462. The van der Waals surface area contributed by atoms with Gasteiger partial charge in [0.1, 0.15) is 11.6 Å². The normalized spacial score (nSPS) is 24.4. The zero-order chi connectivity index (χ0) is 23.2. The average molecular weight is 469 g/mol. The van der Waals surface area contributed by atoms with Gasteiger partial charge in [0.15, 0.2) is 0 Å². The number of anilines is 1. The minimum absolute atomic E-state index is 0.0155. The number of rotatable bonds is 5. The topological polar surface area (TPSA) is 34.7 Å². The van der Waals surface area contributed by atoms with Crippen molar-refractivity contribution in [3.8, 4) is 5.75 Å². The van der Waals surface area contributed by atoms with Gasteiger partial charge in [0.05, 0.1) is 17.3 Å². The van der Waals surface area contributed by atoms with Crippen LogP contribution >= 0.6 is 12.1 Å². The van der Waals surface area contributed by atoms with E-state index >= 15 is 0 Å². The maximum absolute atomic E-state index is 14.0. The number of aromatic nitrogens is 1. The van der Waals surface area contributed by atoms with E-state index in [1.165, 1.54) is 17.0 Å². The van der Waals surface area contributed by atoms with Crippen molar-refractivity contribution in [3.05, 3.63) is 60.0 Å². The maximum Gasteiger partial charge on any atom is 0.125 e. The predicted octanol–water partition coefficient (Wildman–Crippen LogP) is 5.83. The van der Waals surface area contributed by atoms with Gasteiger partial charge in [-0.3, -0.25) is 9.21 Å². The molecule has 1 spiro atoms. The standard InChI is InChI=1S/C26H33FN4OS/c1-18(2)32-23-8-9-25-24(13-23)20(15-28-25)16-30-11-10-26(14-19(30)3)17-29(4)33-31(26)22-7-5-6-21(27)12-22/h5-9,12-13,15,18-19,28H,10-11,14,16-17H2,1-4H3/t19-,26+/m0/s1. The number of ether oxygens (including phenoxy) is 1.